The number of nitrogens with zero attached hydrogens (tertiary/aromatic N) is 1. The number of anilines is 1. The van der Waals surface area contributed by atoms with Crippen molar-refractivity contribution >= 4 is 38.5 Å². The lowest BCUT2D eigenvalue weighted by atomic mass is 9.97. The molecule has 1 N–H and O–H groups in total. The van der Waals surface area contributed by atoms with E-state index in [9.17, 15) is 4.79 Å². The second kappa shape index (κ2) is 8.23. The van der Waals surface area contributed by atoms with E-state index in [0.717, 1.165) is 38.4 Å². The first-order valence-corrected chi connectivity index (χ1v) is 11.6. The molecule has 6 aromatic rings. The second-order valence-corrected chi connectivity index (χ2v) is 8.44. The van der Waals surface area contributed by atoms with Crippen molar-refractivity contribution < 1.29 is 4.42 Å². The highest BCUT2D eigenvalue weighted by atomic mass is 16.4. The summed E-state index contributed by atoms with van der Waals surface area (Å²) >= 11 is 0. The third-order valence-electron chi connectivity index (χ3n) is 6.48. The Labute approximate surface area is 197 Å². The SMILES string of the molecule is CCn1c(=O)c2c(-c3cccc4ccccc34)c(NCc3ccccc3)oc2c2ccccc21. The Balaban J connectivity index is 1.70. The molecule has 4 heteroatoms. The normalized spacial score (nSPS) is 11.4. The van der Waals surface area contributed by atoms with Crippen molar-refractivity contribution in [2.45, 2.75) is 20.0 Å². The maximum atomic E-state index is 13.9. The zero-order chi connectivity index (χ0) is 23.1. The Morgan fingerprint density at radius 3 is 2.32 bits per heavy atom. The van der Waals surface area contributed by atoms with Gasteiger partial charge in [0.25, 0.3) is 5.56 Å². The van der Waals surface area contributed by atoms with E-state index in [0.29, 0.717) is 29.9 Å². The molecule has 6 rings (SSSR count). The quantitative estimate of drug-likeness (QED) is 0.306. The van der Waals surface area contributed by atoms with Crippen LogP contribution in [0, 0.1) is 0 Å². The van der Waals surface area contributed by atoms with Crippen molar-refractivity contribution in [3.05, 3.63) is 113 Å². The first kappa shape index (κ1) is 20.3. The van der Waals surface area contributed by atoms with E-state index < -0.39 is 0 Å². The van der Waals surface area contributed by atoms with E-state index in [-0.39, 0.29) is 5.56 Å². The Bertz CT molecular complexity index is 1710. The van der Waals surface area contributed by atoms with Crippen molar-refractivity contribution in [2.24, 2.45) is 0 Å². The zero-order valence-electron chi connectivity index (χ0n) is 18.9. The van der Waals surface area contributed by atoms with Crippen LogP contribution in [0.2, 0.25) is 0 Å². The van der Waals surface area contributed by atoms with Crippen LogP contribution in [0.15, 0.2) is 106 Å². The van der Waals surface area contributed by atoms with Gasteiger partial charge < -0.3 is 14.3 Å². The fraction of sp³-hybridized carbons (Fsp3) is 0.100. The fourth-order valence-electron chi connectivity index (χ4n) is 4.89. The van der Waals surface area contributed by atoms with Gasteiger partial charge in [-0.15, -0.1) is 0 Å². The molecule has 34 heavy (non-hydrogen) atoms. The van der Waals surface area contributed by atoms with E-state index in [1.807, 2.05) is 72.2 Å². The molecule has 2 heterocycles. The van der Waals surface area contributed by atoms with Gasteiger partial charge in [-0.2, -0.15) is 0 Å². The lowest BCUT2D eigenvalue weighted by Gasteiger charge is -2.11. The van der Waals surface area contributed by atoms with Crippen LogP contribution in [-0.4, -0.2) is 4.57 Å². The largest absolute Gasteiger partial charge is 0.439 e. The van der Waals surface area contributed by atoms with Crippen LogP contribution in [0.1, 0.15) is 12.5 Å². The summed E-state index contributed by atoms with van der Waals surface area (Å²) in [5.41, 5.74) is 4.43. The first-order valence-electron chi connectivity index (χ1n) is 11.6. The highest BCUT2D eigenvalue weighted by Crippen LogP contribution is 2.42. The summed E-state index contributed by atoms with van der Waals surface area (Å²) in [4.78, 5) is 13.9. The average Bonchev–Trinajstić information content (AvgIpc) is 3.28. The number of furan rings is 1. The minimum Gasteiger partial charge on any atom is -0.439 e. The molecule has 0 atom stereocenters. The van der Waals surface area contributed by atoms with Crippen molar-refractivity contribution in [3.63, 3.8) is 0 Å². The van der Waals surface area contributed by atoms with Gasteiger partial charge in [-0.1, -0.05) is 84.9 Å². The molecule has 2 aromatic heterocycles. The molecule has 166 valence electrons. The molecule has 0 amide bonds. The molecular formula is C30H24N2O2. The van der Waals surface area contributed by atoms with Gasteiger partial charge >= 0.3 is 0 Å². The Morgan fingerprint density at radius 1 is 0.794 bits per heavy atom. The number of hydrogen-bond acceptors (Lipinski definition) is 3. The highest BCUT2D eigenvalue weighted by Gasteiger charge is 2.24. The Kier molecular flexibility index (Phi) is 4.92. The van der Waals surface area contributed by atoms with Crippen molar-refractivity contribution in [3.8, 4) is 11.1 Å². The molecule has 0 radical (unpaired) electrons. The molecule has 0 aliphatic carbocycles. The summed E-state index contributed by atoms with van der Waals surface area (Å²) in [5, 5.41) is 7.27. The number of pyridine rings is 1. The monoisotopic (exact) mass is 444 g/mol. The van der Waals surface area contributed by atoms with Crippen molar-refractivity contribution in [1.82, 2.24) is 4.57 Å². The van der Waals surface area contributed by atoms with E-state index in [2.05, 4.69) is 41.7 Å². The van der Waals surface area contributed by atoms with E-state index in [1.54, 1.807) is 0 Å². The minimum atomic E-state index is -0.0318. The number of para-hydroxylation sites is 1. The van der Waals surface area contributed by atoms with Crippen LogP contribution in [0.4, 0.5) is 5.88 Å². The third-order valence-corrected chi connectivity index (χ3v) is 6.48. The average molecular weight is 445 g/mol. The van der Waals surface area contributed by atoms with Crippen LogP contribution in [0.5, 0.6) is 0 Å². The standard InChI is InChI=1S/C30H24N2O2/c1-2-32-25-18-9-8-16-24(25)28-27(30(32)33)26(23-17-10-14-21-13-6-7-15-22(21)23)29(34-28)31-19-20-11-4-3-5-12-20/h3-18,31H,2,19H2,1H3. The molecule has 0 saturated heterocycles. The van der Waals surface area contributed by atoms with E-state index >= 15 is 0 Å². The third kappa shape index (κ3) is 3.19. The fourth-order valence-corrected chi connectivity index (χ4v) is 4.89. The number of rotatable bonds is 5. The molecule has 0 fully saturated rings. The summed E-state index contributed by atoms with van der Waals surface area (Å²) in [6.07, 6.45) is 0. The van der Waals surface area contributed by atoms with Crippen LogP contribution >= 0.6 is 0 Å². The number of fused-ring (bicyclic) bond motifs is 4. The number of aromatic nitrogens is 1. The molecule has 0 saturated carbocycles. The topological polar surface area (TPSA) is 47.2 Å². The molecule has 0 unspecified atom stereocenters. The first-order chi connectivity index (χ1) is 16.8. The van der Waals surface area contributed by atoms with Crippen LogP contribution in [-0.2, 0) is 13.1 Å². The van der Waals surface area contributed by atoms with E-state index in [4.69, 9.17) is 4.42 Å². The predicted molar refractivity (Wildman–Crippen MR) is 140 cm³/mol. The number of benzene rings is 4. The summed E-state index contributed by atoms with van der Waals surface area (Å²) in [5.74, 6) is 0.617. The number of hydrogen-bond donors (Lipinski definition) is 1. The predicted octanol–water partition coefficient (Wildman–Crippen LogP) is 7.20. The van der Waals surface area contributed by atoms with Gasteiger partial charge in [-0.25, -0.2) is 0 Å². The van der Waals surface area contributed by atoms with Crippen molar-refractivity contribution in [2.75, 3.05) is 5.32 Å². The van der Waals surface area contributed by atoms with Gasteiger partial charge in [0.2, 0.25) is 5.88 Å². The van der Waals surface area contributed by atoms with Crippen molar-refractivity contribution in [1.29, 1.82) is 0 Å². The summed E-state index contributed by atoms with van der Waals surface area (Å²) in [6.45, 7) is 3.19. The van der Waals surface area contributed by atoms with Crippen LogP contribution in [0.25, 0.3) is 43.8 Å². The minimum absolute atomic E-state index is 0.0318. The van der Waals surface area contributed by atoms with Gasteiger partial charge in [0.15, 0.2) is 5.58 Å². The molecule has 0 spiro atoms. The smallest absolute Gasteiger partial charge is 0.262 e. The van der Waals surface area contributed by atoms with Crippen LogP contribution < -0.4 is 10.9 Å². The molecule has 0 aliphatic rings. The van der Waals surface area contributed by atoms with Crippen LogP contribution in [0.3, 0.4) is 0 Å². The van der Waals surface area contributed by atoms with Gasteiger partial charge in [0, 0.05) is 18.5 Å². The van der Waals surface area contributed by atoms with E-state index in [1.165, 1.54) is 0 Å². The molecular weight excluding hydrogens is 420 g/mol. The number of aryl methyl sites for hydroxylation is 1. The van der Waals surface area contributed by atoms with Gasteiger partial charge in [-0.05, 0) is 41.0 Å². The highest BCUT2D eigenvalue weighted by molar-refractivity contribution is 6.14. The molecule has 0 aliphatic heterocycles. The second-order valence-electron chi connectivity index (χ2n) is 8.44. The number of nitrogens with one attached hydrogen (secondary N) is 1. The Hall–Kier alpha value is -4.31. The maximum absolute atomic E-state index is 13.9. The van der Waals surface area contributed by atoms with Gasteiger partial charge in [-0.3, -0.25) is 4.79 Å². The van der Waals surface area contributed by atoms with Gasteiger partial charge in [0.1, 0.15) is 0 Å². The summed E-state index contributed by atoms with van der Waals surface area (Å²) in [6, 6.07) is 32.6. The lowest BCUT2D eigenvalue weighted by molar-refractivity contribution is 0.629. The maximum Gasteiger partial charge on any atom is 0.262 e. The molecule has 4 nitrogen and oxygen atoms in total. The lowest BCUT2D eigenvalue weighted by Crippen LogP contribution is -2.19. The summed E-state index contributed by atoms with van der Waals surface area (Å²) < 4.78 is 8.33. The summed E-state index contributed by atoms with van der Waals surface area (Å²) in [7, 11) is 0. The zero-order valence-corrected chi connectivity index (χ0v) is 18.9. The Morgan fingerprint density at radius 2 is 1.50 bits per heavy atom. The van der Waals surface area contributed by atoms with Gasteiger partial charge in [0.05, 0.1) is 16.5 Å². The molecule has 0 bridgehead atoms. The molecule has 4 aromatic carbocycles.